The molecule has 31 heavy (non-hydrogen) atoms. The molecular formula is C24H28N6O. The van der Waals surface area contributed by atoms with Gasteiger partial charge in [0.1, 0.15) is 5.82 Å². The minimum absolute atomic E-state index is 0.0213. The SMILES string of the molecule is Cc1cnn2c(N3CC(C(=O)N4c5ccccc5CC4C)C3)c3c(nc12)CCNCC3. The van der Waals surface area contributed by atoms with Crippen LogP contribution in [0.4, 0.5) is 11.5 Å². The van der Waals surface area contributed by atoms with Gasteiger partial charge in [-0.3, -0.25) is 4.79 Å². The lowest BCUT2D eigenvalue weighted by molar-refractivity contribution is -0.123. The molecule has 1 unspecified atom stereocenters. The van der Waals surface area contributed by atoms with E-state index in [2.05, 4.69) is 47.4 Å². The zero-order chi connectivity index (χ0) is 21.1. The van der Waals surface area contributed by atoms with Gasteiger partial charge in [-0.2, -0.15) is 9.61 Å². The van der Waals surface area contributed by atoms with E-state index in [9.17, 15) is 4.79 Å². The highest BCUT2D eigenvalue weighted by Crippen LogP contribution is 2.37. The molecule has 3 aliphatic heterocycles. The summed E-state index contributed by atoms with van der Waals surface area (Å²) in [5.74, 6) is 1.41. The highest BCUT2D eigenvalue weighted by atomic mass is 16.2. The first-order chi connectivity index (χ1) is 15.1. The number of aryl methyl sites for hydroxylation is 1. The lowest BCUT2D eigenvalue weighted by atomic mass is 9.96. The third-order valence-electron chi connectivity index (χ3n) is 7.05. The van der Waals surface area contributed by atoms with E-state index in [-0.39, 0.29) is 17.9 Å². The summed E-state index contributed by atoms with van der Waals surface area (Å²) in [6, 6.07) is 8.54. The Kier molecular flexibility index (Phi) is 4.28. The predicted octanol–water partition coefficient (Wildman–Crippen LogP) is 2.14. The van der Waals surface area contributed by atoms with Gasteiger partial charge in [0.15, 0.2) is 5.65 Å². The van der Waals surface area contributed by atoms with Crippen molar-refractivity contribution in [3.05, 3.63) is 52.8 Å². The first-order valence-corrected chi connectivity index (χ1v) is 11.3. The quantitative estimate of drug-likeness (QED) is 0.693. The Morgan fingerprint density at radius 2 is 1.97 bits per heavy atom. The van der Waals surface area contributed by atoms with Crippen LogP contribution in [-0.2, 0) is 24.1 Å². The van der Waals surface area contributed by atoms with Crippen molar-refractivity contribution in [3.8, 4) is 0 Å². The number of aromatic nitrogens is 3. The van der Waals surface area contributed by atoms with Crippen molar-refractivity contribution in [2.24, 2.45) is 5.92 Å². The second kappa shape index (κ2) is 7.05. The van der Waals surface area contributed by atoms with Crippen LogP contribution in [-0.4, -0.2) is 52.7 Å². The zero-order valence-corrected chi connectivity index (χ0v) is 18.1. The molecule has 1 saturated heterocycles. The maximum atomic E-state index is 13.4. The summed E-state index contributed by atoms with van der Waals surface area (Å²) < 4.78 is 1.99. The van der Waals surface area contributed by atoms with E-state index < -0.39 is 0 Å². The highest BCUT2D eigenvalue weighted by Gasteiger charge is 2.41. The maximum Gasteiger partial charge on any atom is 0.233 e. The van der Waals surface area contributed by atoms with Gasteiger partial charge in [-0.25, -0.2) is 4.98 Å². The lowest BCUT2D eigenvalue weighted by Gasteiger charge is -2.43. The van der Waals surface area contributed by atoms with Crippen molar-refractivity contribution in [2.75, 3.05) is 36.0 Å². The number of rotatable bonds is 2. The number of amides is 1. The second-order valence-corrected chi connectivity index (χ2v) is 9.17. The molecular weight excluding hydrogens is 388 g/mol. The number of carbonyl (C=O) groups is 1. The van der Waals surface area contributed by atoms with Crippen molar-refractivity contribution >= 4 is 23.1 Å². The fraction of sp³-hybridized carbons (Fsp3) is 0.458. The van der Waals surface area contributed by atoms with Crippen LogP contribution in [0, 0.1) is 12.8 Å². The second-order valence-electron chi connectivity index (χ2n) is 9.17. The first kappa shape index (κ1) is 18.8. The third-order valence-corrected chi connectivity index (χ3v) is 7.05. The summed E-state index contributed by atoms with van der Waals surface area (Å²) in [5.41, 5.74) is 6.86. The fourth-order valence-corrected chi connectivity index (χ4v) is 5.41. The Bertz CT molecular complexity index is 1180. The average Bonchev–Trinajstić information content (AvgIpc) is 3.15. The fourth-order valence-electron chi connectivity index (χ4n) is 5.41. The van der Waals surface area contributed by atoms with E-state index in [1.54, 1.807) is 0 Å². The molecule has 2 aromatic heterocycles. The zero-order valence-electron chi connectivity index (χ0n) is 18.1. The van der Waals surface area contributed by atoms with Gasteiger partial charge < -0.3 is 15.1 Å². The van der Waals surface area contributed by atoms with E-state index in [4.69, 9.17) is 4.98 Å². The smallest absolute Gasteiger partial charge is 0.233 e. The Morgan fingerprint density at radius 3 is 2.84 bits per heavy atom. The van der Waals surface area contributed by atoms with Gasteiger partial charge in [-0.15, -0.1) is 0 Å². The summed E-state index contributed by atoms with van der Waals surface area (Å²) in [5, 5.41) is 8.13. The van der Waals surface area contributed by atoms with Crippen LogP contribution >= 0.6 is 0 Å². The van der Waals surface area contributed by atoms with Gasteiger partial charge in [0, 0.05) is 48.9 Å². The summed E-state index contributed by atoms with van der Waals surface area (Å²) in [6.07, 6.45) is 4.71. The minimum atomic E-state index is 0.0213. The van der Waals surface area contributed by atoms with E-state index in [1.807, 2.05) is 21.7 Å². The van der Waals surface area contributed by atoms with Gasteiger partial charge >= 0.3 is 0 Å². The van der Waals surface area contributed by atoms with Crippen molar-refractivity contribution in [1.29, 1.82) is 0 Å². The highest BCUT2D eigenvalue weighted by molar-refractivity contribution is 5.99. The van der Waals surface area contributed by atoms with Crippen LogP contribution in [0.5, 0.6) is 0 Å². The molecule has 1 fully saturated rings. The van der Waals surface area contributed by atoms with Crippen LogP contribution < -0.4 is 15.1 Å². The average molecular weight is 417 g/mol. The largest absolute Gasteiger partial charge is 0.354 e. The first-order valence-electron chi connectivity index (χ1n) is 11.3. The third kappa shape index (κ3) is 2.86. The van der Waals surface area contributed by atoms with Crippen molar-refractivity contribution in [2.45, 2.75) is 39.2 Å². The molecule has 0 bridgehead atoms. The van der Waals surface area contributed by atoms with Crippen LogP contribution in [0.2, 0.25) is 0 Å². The summed E-state index contributed by atoms with van der Waals surface area (Å²) in [7, 11) is 0. The van der Waals surface area contributed by atoms with E-state index in [1.165, 1.54) is 16.8 Å². The van der Waals surface area contributed by atoms with Crippen molar-refractivity contribution in [1.82, 2.24) is 19.9 Å². The van der Waals surface area contributed by atoms with Gasteiger partial charge in [0.25, 0.3) is 0 Å². The molecule has 7 heteroatoms. The number of anilines is 2. The minimum Gasteiger partial charge on any atom is -0.354 e. The molecule has 0 radical (unpaired) electrons. The topological polar surface area (TPSA) is 65.8 Å². The molecule has 1 atom stereocenters. The van der Waals surface area contributed by atoms with Crippen LogP contribution in [0.3, 0.4) is 0 Å². The number of para-hydroxylation sites is 1. The van der Waals surface area contributed by atoms with Crippen molar-refractivity contribution < 1.29 is 4.79 Å². The molecule has 6 rings (SSSR count). The molecule has 7 nitrogen and oxygen atoms in total. The van der Waals surface area contributed by atoms with Crippen LogP contribution in [0.25, 0.3) is 5.65 Å². The van der Waals surface area contributed by atoms with E-state index >= 15 is 0 Å². The van der Waals surface area contributed by atoms with E-state index in [0.717, 1.165) is 68.2 Å². The summed E-state index contributed by atoms with van der Waals surface area (Å²) in [4.78, 5) is 22.8. The van der Waals surface area contributed by atoms with Crippen molar-refractivity contribution in [3.63, 3.8) is 0 Å². The van der Waals surface area contributed by atoms with Gasteiger partial charge in [0.2, 0.25) is 5.91 Å². The molecule has 1 amide bonds. The van der Waals surface area contributed by atoms with Gasteiger partial charge in [0.05, 0.1) is 17.8 Å². The number of hydrogen-bond donors (Lipinski definition) is 1. The Morgan fingerprint density at radius 1 is 1.16 bits per heavy atom. The lowest BCUT2D eigenvalue weighted by Crippen LogP contribution is -2.56. The summed E-state index contributed by atoms with van der Waals surface area (Å²) in [6.45, 7) is 7.60. The number of carbonyl (C=O) groups excluding carboxylic acids is 1. The van der Waals surface area contributed by atoms with Gasteiger partial charge in [-0.1, -0.05) is 18.2 Å². The van der Waals surface area contributed by atoms with Gasteiger partial charge in [-0.05, 0) is 44.9 Å². The van der Waals surface area contributed by atoms with Crippen LogP contribution in [0.15, 0.2) is 30.5 Å². The maximum absolute atomic E-state index is 13.4. The van der Waals surface area contributed by atoms with E-state index in [0.29, 0.717) is 0 Å². The normalized spacial score (nSPS) is 21.0. The number of benzene rings is 1. The van der Waals surface area contributed by atoms with Crippen LogP contribution in [0.1, 0.15) is 29.3 Å². The Labute approximate surface area is 182 Å². The Hall–Kier alpha value is -2.93. The molecule has 1 N–H and O–H groups in total. The monoisotopic (exact) mass is 416 g/mol. The number of nitrogens with one attached hydrogen (secondary N) is 1. The number of hydrogen-bond acceptors (Lipinski definition) is 5. The standard InChI is InChI=1S/C24H28N6O/c1-15-12-26-30-22(15)27-20-8-10-25-9-7-19(20)23(30)28-13-18(14-28)24(31)29-16(2)11-17-5-3-4-6-21(17)29/h3-6,12,16,18,25H,7-11,13-14H2,1-2H3. The predicted molar refractivity (Wildman–Crippen MR) is 121 cm³/mol. The molecule has 5 heterocycles. The molecule has 0 saturated carbocycles. The molecule has 1 aromatic carbocycles. The number of nitrogens with zero attached hydrogens (tertiary/aromatic N) is 5. The molecule has 3 aromatic rings. The molecule has 0 aliphatic carbocycles. The Balaban J connectivity index is 1.30. The molecule has 3 aliphatic rings. The number of fused-ring (bicyclic) bond motifs is 3. The summed E-state index contributed by atoms with van der Waals surface area (Å²) >= 11 is 0. The molecule has 0 spiro atoms. The molecule has 160 valence electrons.